The molecule has 1 rings (SSSR count). The first-order valence-corrected chi connectivity index (χ1v) is 7.03. The van der Waals surface area contributed by atoms with Crippen molar-refractivity contribution in [3.63, 3.8) is 0 Å². The molecule has 0 aromatic rings. The van der Waals surface area contributed by atoms with Gasteiger partial charge in [-0.15, -0.1) is 6.42 Å². The van der Waals surface area contributed by atoms with Crippen molar-refractivity contribution in [1.29, 1.82) is 0 Å². The maximum absolute atomic E-state index is 5.91. The van der Waals surface area contributed by atoms with Crippen molar-refractivity contribution in [3.8, 4) is 12.3 Å². The average molecular weight is 238 g/mol. The Kier molecular flexibility index (Phi) is 8.13. The first kappa shape index (κ1) is 14.5. The van der Waals surface area contributed by atoms with E-state index in [0.29, 0.717) is 12.7 Å². The van der Waals surface area contributed by atoms with Gasteiger partial charge >= 0.3 is 0 Å². The number of rotatable bonds is 4. The number of ether oxygens (including phenoxy) is 2. The van der Waals surface area contributed by atoms with Gasteiger partial charge in [0.05, 0.1) is 6.10 Å². The summed E-state index contributed by atoms with van der Waals surface area (Å²) in [5.41, 5.74) is 0. The second-order valence-electron chi connectivity index (χ2n) is 4.89. The zero-order chi connectivity index (χ0) is 12.3. The van der Waals surface area contributed by atoms with Gasteiger partial charge in [-0.05, 0) is 19.8 Å². The first-order chi connectivity index (χ1) is 8.33. The quantitative estimate of drug-likeness (QED) is 0.546. The highest BCUT2D eigenvalue weighted by Crippen LogP contribution is 2.20. The SMILES string of the molecule is C#CCOC(C)OC1CCCCCCCCC1. The van der Waals surface area contributed by atoms with E-state index in [1.165, 1.54) is 57.8 Å². The maximum Gasteiger partial charge on any atom is 0.156 e. The summed E-state index contributed by atoms with van der Waals surface area (Å²) in [6, 6.07) is 0. The minimum atomic E-state index is -0.168. The van der Waals surface area contributed by atoms with E-state index in [2.05, 4.69) is 5.92 Å². The zero-order valence-electron chi connectivity index (χ0n) is 11.1. The lowest BCUT2D eigenvalue weighted by molar-refractivity contribution is -0.156. The van der Waals surface area contributed by atoms with Gasteiger partial charge in [-0.25, -0.2) is 0 Å². The molecule has 0 amide bonds. The van der Waals surface area contributed by atoms with E-state index in [9.17, 15) is 0 Å². The molecule has 0 N–H and O–H groups in total. The van der Waals surface area contributed by atoms with Crippen LogP contribution in [-0.2, 0) is 9.47 Å². The van der Waals surface area contributed by atoms with E-state index in [4.69, 9.17) is 15.9 Å². The average Bonchev–Trinajstić information content (AvgIpc) is 2.34. The summed E-state index contributed by atoms with van der Waals surface area (Å²) in [5, 5.41) is 0. The fourth-order valence-corrected chi connectivity index (χ4v) is 2.38. The van der Waals surface area contributed by atoms with Gasteiger partial charge in [0, 0.05) is 0 Å². The molecule has 1 fully saturated rings. The van der Waals surface area contributed by atoms with Crippen LogP contribution in [0.3, 0.4) is 0 Å². The van der Waals surface area contributed by atoms with Crippen LogP contribution in [0.2, 0.25) is 0 Å². The predicted molar refractivity (Wildman–Crippen MR) is 70.7 cm³/mol. The lowest BCUT2D eigenvalue weighted by Crippen LogP contribution is -2.23. The molecule has 0 aliphatic heterocycles. The molecule has 1 unspecified atom stereocenters. The molecule has 0 spiro atoms. The Balaban J connectivity index is 2.24. The second-order valence-corrected chi connectivity index (χ2v) is 4.89. The molecule has 0 heterocycles. The molecular weight excluding hydrogens is 212 g/mol. The zero-order valence-corrected chi connectivity index (χ0v) is 11.1. The molecule has 2 heteroatoms. The number of hydrogen-bond donors (Lipinski definition) is 0. The molecule has 0 saturated heterocycles. The molecule has 0 bridgehead atoms. The normalized spacial score (nSPS) is 21.6. The van der Waals surface area contributed by atoms with Crippen molar-refractivity contribution in [1.82, 2.24) is 0 Å². The van der Waals surface area contributed by atoms with Crippen molar-refractivity contribution >= 4 is 0 Å². The van der Waals surface area contributed by atoms with E-state index >= 15 is 0 Å². The third kappa shape index (κ3) is 7.41. The summed E-state index contributed by atoms with van der Waals surface area (Å²) in [4.78, 5) is 0. The number of hydrogen-bond acceptors (Lipinski definition) is 2. The molecule has 0 radical (unpaired) electrons. The largest absolute Gasteiger partial charge is 0.350 e. The standard InChI is InChI=1S/C15H26O2/c1-3-13-16-14(2)17-15-11-9-7-5-4-6-8-10-12-15/h1,14-15H,4-13H2,2H3. The Hall–Kier alpha value is -0.520. The molecule has 1 saturated carbocycles. The Morgan fingerprint density at radius 1 is 1.06 bits per heavy atom. The lowest BCUT2D eigenvalue weighted by atomic mass is 9.99. The Morgan fingerprint density at radius 3 is 2.12 bits per heavy atom. The van der Waals surface area contributed by atoms with Gasteiger partial charge in [-0.3, -0.25) is 0 Å². The van der Waals surface area contributed by atoms with Crippen LogP contribution in [0, 0.1) is 12.3 Å². The van der Waals surface area contributed by atoms with E-state index in [-0.39, 0.29) is 6.29 Å². The monoisotopic (exact) mass is 238 g/mol. The smallest absolute Gasteiger partial charge is 0.156 e. The van der Waals surface area contributed by atoms with Crippen LogP contribution < -0.4 is 0 Å². The van der Waals surface area contributed by atoms with E-state index in [1.807, 2.05) is 6.92 Å². The molecule has 0 aromatic carbocycles. The Bertz CT molecular complexity index is 209. The molecule has 0 aromatic heterocycles. The molecular formula is C15H26O2. The highest BCUT2D eigenvalue weighted by atomic mass is 16.7. The van der Waals surface area contributed by atoms with Crippen LogP contribution in [0.25, 0.3) is 0 Å². The van der Waals surface area contributed by atoms with Crippen molar-refractivity contribution in [2.24, 2.45) is 0 Å². The van der Waals surface area contributed by atoms with E-state index < -0.39 is 0 Å². The van der Waals surface area contributed by atoms with Gasteiger partial charge in [0.15, 0.2) is 6.29 Å². The minimum Gasteiger partial charge on any atom is -0.350 e. The Morgan fingerprint density at radius 2 is 1.59 bits per heavy atom. The van der Waals surface area contributed by atoms with Gasteiger partial charge < -0.3 is 9.47 Å². The number of terminal acetylenes is 1. The third-order valence-corrected chi connectivity index (χ3v) is 3.34. The summed E-state index contributed by atoms with van der Waals surface area (Å²) >= 11 is 0. The second kappa shape index (κ2) is 9.50. The summed E-state index contributed by atoms with van der Waals surface area (Å²) in [6.07, 6.45) is 17.1. The lowest BCUT2D eigenvalue weighted by Gasteiger charge is -2.23. The van der Waals surface area contributed by atoms with Crippen molar-refractivity contribution in [2.75, 3.05) is 6.61 Å². The summed E-state index contributed by atoms with van der Waals surface area (Å²) in [6.45, 7) is 2.28. The van der Waals surface area contributed by atoms with E-state index in [1.54, 1.807) is 0 Å². The minimum absolute atomic E-state index is 0.168. The van der Waals surface area contributed by atoms with Crippen LogP contribution in [0.1, 0.15) is 64.7 Å². The highest BCUT2D eigenvalue weighted by molar-refractivity contribution is 4.82. The molecule has 1 aliphatic carbocycles. The van der Waals surface area contributed by atoms with Gasteiger partial charge in [-0.2, -0.15) is 0 Å². The van der Waals surface area contributed by atoms with Crippen LogP contribution >= 0.6 is 0 Å². The van der Waals surface area contributed by atoms with Gasteiger partial charge in [0.1, 0.15) is 6.61 Å². The topological polar surface area (TPSA) is 18.5 Å². The maximum atomic E-state index is 5.91. The molecule has 2 nitrogen and oxygen atoms in total. The molecule has 1 atom stereocenters. The summed E-state index contributed by atoms with van der Waals surface area (Å²) in [7, 11) is 0. The van der Waals surface area contributed by atoms with Crippen LogP contribution in [0.4, 0.5) is 0 Å². The fourth-order valence-electron chi connectivity index (χ4n) is 2.38. The van der Waals surface area contributed by atoms with Crippen molar-refractivity contribution in [3.05, 3.63) is 0 Å². The first-order valence-electron chi connectivity index (χ1n) is 7.03. The predicted octanol–water partition coefficient (Wildman–Crippen LogP) is 3.89. The van der Waals surface area contributed by atoms with Crippen LogP contribution in [0.5, 0.6) is 0 Å². The third-order valence-electron chi connectivity index (χ3n) is 3.34. The van der Waals surface area contributed by atoms with E-state index in [0.717, 1.165) is 0 Å². The van der Waals surface area contributed by atoms with Crippen LogP contribution in [0.15, 0.2) is 0 Å². The molecule has 17 heavy (non-hydrogen) atoms. The summed E-state index contributed by atoms with van der Waals surface area (Å²) in [5.74, 6) is 2.47. The fraction of sp³-hybridized carbons (Fsp3) is 0.867. The van der Waals surface area contributed by atoms with Gasteiger partial charge in [0.2, 0.25) is 0 Å². The van der Waals surface area contributed by atoms with Crippen molar-refractivity contribution < 1.29 is 9.47 Å². The van der Waals surface area contributed by atoms with Crippen LogP contribution in [-0.4, -0.2) is 19.0 Å². The molecule has 98 valence electrons. The molecule has 1 aliphatic rings. The summed E-state index contributed by atoms with van der Waals surface area (Å²) < 4.78 is 11.3. The van der Waals surface area contributed by atoms with Crippen molar-refractivity contribution in [2.45, 2.75) is 77.1 Å². The van der Waals surface area contributed by atoms with Gasteiger partial charge in [0.25, 0.3) is 0 Å². The van der Waals surface area contributed by atoms with Gasteiger partial charge in [-0.1, -0.05) is 50.9 Å². The highest BCUT2D eigenvalue weighted by Gasteiger charge is 2.14. The Labute approximate surface area is 106 Å².